The second-order valence-electron chi connectivity index (χ2n) is 4.54. The Morgan fingerprint density at radius 2 is 1.75 bits per heavy atom. The summed E-state index contributed by atoms with van der Waals surface area (Å²) in [4.78, 5) is 17.0. The summed E-state index contributed by atoms with van der Waals surface area (Å²) in [6, 6.07) is 0.367. The van der Waals surface area contributed by atoms with Crippen LogP contribution in [0, 0.1) is 0 Å². The molecule has 0 radical (unpaired) electrons. The van der Waals surface area contributed by atoms with Gasteiger partial charge >= 0.3 is 6.01 Å². The zero-order valence-corrected chi connectivity index (χ0v) is 13.2. The Morgan fingerprint density at radius 3 is 2.30 bits per heavy atom. The highest BCUT2D eigenvalue weighted by molar-refractivity contribution is 5.36. The van der Waals surface area contributed by atoms with Crippen molar-refractivity contribution in [2.24, 2.45) is 0 Å². The van der Waals surface area contributed by atoms with Crippen molar-refractivity contribution >= 4 is 11.9 Å². The Bertz CT molecular complexity index is 394. The van der Waals surface area contributed by atoms with Crippen molar-refractivity contribution in [1.82, 2.24) is 19.9 Å². The summed E-state index contributed by atoms with van der Waals surface area (Å²) >= 11 is 0. The van der Waals surface area contributed by atoms with Crippen LogP contribution in [0.15, 0.2) is 0 Å². The zero-order valence-electron chi connectivity index (χ0n) is 13.2. The van der Waals surface area contributed by atoms with Crippen LogP contribution in [0.3, 0.4) is 0 Å². The van der Waals surface area contributed by atoms with Gasteiger partial charge in [0, 0.05) is 27.2 Å². The molecule has 0 fully saturated rings. The monoisotopic (exact) mass is 282 g/mol. The fourth-order valence-electron chi connectivity index (χ4n) is 1.65. The van der Waals surface area contributed by atoms with Crippen LogP contribution in [0.25, 0.3) is 0 Å². The van der Waals surface area contributed by atoms with Crippen LogP contribution in [0.2, 0.25) is 0 Å². The van der Waals surface area contributed by atoms with Gasteiger partial charge in [0.25, 0.3) is 0 Å². The number of aromatic nitrogens is 3. The van der Waals surface area contributed by atoms with E-state index in [1.54, 1.807) is 0 Å². The molecule has 0 spiro atoms. The number of nitrogens with zero attached hydrogens (tertiary/aromatic N) is 5. The van der Waals surface area contributed by atoms with E-state index in [0.717, 1.165) is 26.2 Å². The molecule has 1 aromatic heterocycles. The number of hydrogen-bond acceptors (Lipinski definition) is 7. The maximum atomic E-state index is 5.65. The molecule has 1 heterocycles. The average Bonchev–Trinajstić information content (AvgIpc) is 2.44. The first kappa shape index (κ1) is 16.4. The molecule has 0 saturated carbocycles. The minimum Gasteiger partial charge on any atom is -0.462 e. The van der Waals surface area contributed by atoms with Gasteiger partial charge in [0.2, 0.25) is 11.9 Å². The van der Waals surface area contributed by atoms with Crippen LogP contribution in [0.4, 0.5) is 11.9 Å². The highest BCUT2D eigenvalue weighted by Gasteiger charge is 2.09. The molecule has 1 aromatic rings. The molecule has 7 heteroatoms. The van der Waals surface area contributed by atoms with Crippen LogP contribution >= 0.6 is 0 Å². The lowest BCUT2D eigenvalue weighted by atomic mass is 10.5. The average molecular weight is 282 g/mol. The van der Waals surface area contributed by atoms with E-state index >= 15 is 0 Å². The molecule has 0 unspecified atom stereocenters. The smallest absolute Gasteiger partial charge is 0.323 e. The van der Waals surface area contributed by atoms with Crippen molar-refractivity contribution < 1.29 is 4.74 Å². The molecule has 0 bridgehead atoms. The molecular weight excluding hydrogens is 256 g/mol. The molecular formula is C13H26N6O. The molecule has 20 heavy (non-hydrogen) atoms. The van der Waals surface area contributed by atoms with Gasteiger partial charge in [-0.1, -0.05) is 13.8 Å². The summed E-state index contributed by atoms with van der Waals surface area (Å²) in [5.41, 5.74) is 0. The van der Waals surface area contributed by atoms with Crippen LogP contribution in [0.1, 0.15) is 20.8 Å². The van der Waals surface area contributed by atoms with Gasteiger partial charge in [-0.15, -0.1) is 0 Å². The van der Waals surface area contributed by atoms with Gasteiger partial charge in [-0.3, -0.25) is 0 Å². The first-order valence-corrected chi connectivity index (χ1v) is 7.13. The number of likely N-dealkylation sites (N-methyl/N-ethyl adjacent to an activating group) is 1. The van der Waals surface area contributed by atoms with E-state index in [9.17, 15) is 0 Å². The number of nitrogens with one attached hydrogen (secondary N) is 1. The lowest BCUT2D eigenvalue weighted by Crippen LogP contribution is -2.28. The van der Waals surface area contributed by atoms with Crippen LogP contribution in [-0.4, -0.2) is 66.7 Å². The summed E-state index contributed by atoms with van der Waals surface area (Å²) in [5.74, 6) is 1.14. The summed E-state index contributed by atoms with van der Waals surface area (Å²) in [6.45, 7) is 10.5. The first-order valence-electron chi connectivity index (χ1n) is 7.13. The molecule has 1 rings (SSSR count). The summed E-state index contributed by atoms with van der Waals surface area (Å²) < 4.78 is 5.65. The van der Waals surface area contributed by atoms with Gasteiger partial charge in [-0.2, -0.15) is 15.0 Å². The van der Waals surface area contributed by atoms with Gasteiger partial charge in [0.15, 0.2) is 0 Å². The third kappa shape index (κ3) is 5.16. The zero-order chi connectivity index (χ0) is 15.0. The van der Waals surface area contributed by atoms with E-state index in [-0.39, 0.29) is 0 Å². The normalized spacial score (nSPS) is 10.7. The third-order valence-electron chi connectivity index (χ3n) is 2.87. The standard InChI is InChI=1S/C13H26N6O/c1-6-14-11-15-12(18(4)5)17-13(16-11)20-10-9-19(7-2)8-3/h6-10H2,1-5H3,(H,14,15,16,17). The number of anilines is 2. The lowest BCUT2D eigenvalue weighted by Gasteiger charge is -2.18. The van der Waals surface area contributed by atoms with Crippen molar-refractivity contribution in [2.45, 2.75) is 20.8 Å². The Balaban J connectivity index is 2.68. The second-order valence-corrected chi connectivity index (χ2v) is 4.54. The van der Waals surface area contributed by atoms with Crippen LogP contribution < -0.4 is 15.0 Å². The quantitative estimate of drug-likeness (QED) is 0.727. The SMILES string of the molecule is CCNc1nc(OCCN(CC)CC)nc(N(C)C)n1. The molecule has 0 saturated heterocycles. The molecule has 0 aromatic carbocycles. The highest BCUT2D eigenvalue weighted by Crippen LogP contribution is 2.12. The lowest BCUT2D eigenvalue weighted by molar-refractivity contribution is 0.212. The van der Waals surface area contributed by atoms with E-state index in [1.165, 1.54) is 0 Å². The van der Waals surface area contributed by atoms with Crippen molar-refractivity contribution in [3.63, 3.8) is 0 Å². The number of rotatable bonds is 9. The van der Waals surface area contributed by atoms with E-state index in [1.807, 2.05) is 25.9 Å². The Hall–Kier alpha value is -1.63. The third-order valence-corrected chi connectivity index (χ3v) is 2.87. The second kappa shape index (κ2) is 8.52. The number of hydrogen-bond donors (Lipinski definition) is 1. The fourth-order valence-corrected chi connectivity index (χ4v) is 1.65. The van der Waals surface area contributed by atoms with Gasteiger partial charge in [-0.05, 0) is 20.0 Å². The van der Waals surface area contributed by atoms with Crippen molar-refractivity contribution in [3.05, 3.63) is 0 Å². The summed E-state index contributed by atoms with van der Waals surface area (Å²) in [7, 11) is 3.79. The summed E-state index contributed by atoms with van der Waals surface area (Å²) in [5, 5.41) is 3.09. The van der Waals surface area contributed by atoms with E-state index in [0.29, 0.717) is 24.5 Å². The minimum absolute atomic E-state index is 0.367. The Labute approximate surface area is 121 Å². The Kier molecular flexibility index (Phi) is 7.00. The van der Waals surface area contributed by atoms with Gasteiger partial charge in [0.05, 0.1) is 0 Å². The summed E-state index contributed by atoms with van der Waals surface area (Å²) in [6.07, 6.45) is 0. The predicted molar refractivity (Wildman–Crippen MR) is 81.6 cm³/mol. The molecule has 7 nitrogen and oxygen atoms in total. The molecule has 0 aliphatic carbocycles. The van der Waals surface area contributed by atoms with Crippen LogP contribution in [-0.2, 0) is 0 Å². The molecule has 0 atom stereocenters. The van der Waals surface area contributed by atoms with Crippen LogP contribution in [0.5, 0.6) is 6.01 Å². The maximum absolute atomic E-state index is 5.65. The minimum atomic E-state index is 0.367. The largest absolute Gasteiger partial charge is 0.462 e. The fraction of sp³-hybridized carbons (Fsp3) is 0.769. The van der Waals surface area contributed by atoms with Gasteiger partial charge in [-0.25, -0.2) is 0 Å². The first-order chi connectivity index (χ1) is 9.60. The molecule has 0 aliphatic heterocycles. The van der Waals surface area contributed by atoms with E-state index in [2.05, 4.69) is 39.0 Å². The van der Waals surface area contributed by atoms with Crippen molar-refractivity contribution in [2.75, 3.05) is 57.1 Å². The topological polar surface area (TPSA) is 66.4 Å². The number of ether oxygens (including phenoxy) is 1. The molecule has 0 amide bonds. The van der Waals surface area contributed by atoms with Crippen molar-refractivity contribution in [3.8, 4) is 6.01 Å². The molecule has 0 aliphatic rings. The van der Waals surface area contributed by atoms with Crippen molar-refractivity contribution in [1.29, 1.82) is 0 Å². The maximum Gasteiger partial charge on any atom is 0.323 e. The molecule has 114 valence electrons. The van der Waals surface area contributed by atoms with E-state index in [4.69, 9.17) is 4.74 Å². The molecule has 1 N–H and O–H groups in total. The van der Waals surface area contributed by atoms with Gasteiger partial charge < -0.3 is 19.9 Å². The van der Waals surface area contributed by atoms with Gasteiger partial charge in [0.1, 0.15) is 6.61 Å². The Morgan fingerprint density at radius 1 is 1.05 bits per heavy atom. The van der Waals surface area contributed by atoms with E-state index < -0.39 is 0 Å². The predicted octanol–water partition coefficient (Wildman–Crippen LogP) is 1.09. The highest BCUT2D eigenvalue weighted by atomic mass is 16.5.